The third-order valence-corrected chi connectivity index (χ3v) is 4.20. The van der Waals surface area contributed by atoms with E-state index >= 15 is 0 Å². The molecule has 0 radical (unpaired) electrons. The third-order valence-electron chi connectivity index (χ3n) is 4.20. The zero-order valence-corrected chi connectivity index (χ0v) is 9.22. The second kappa shape index (κ2) is 3.57. The molecular weight excluding hydrogens is 206 g/mol. The van der Waals surface area contributed by atoms with Crippen molar-refractivity contribution in [3.63, 3.8) is 0 Å². The lowest BCUT2D eigenvalue weighted by atomic mass is 9.79. The van der Waals surface area contributed by atoms with Crippen molar-refractivity contribution in [3.05, 3.63) is 11.1 Å². The summed E-state index contributed by atoms with van der Waals surface area (Å²) in [7, 11) is 0. The quantitative estimate of drug-likeness (QED) is 0.576. The molecule has 0 bridgehead atoms. The Bertz CT molecular complexity index is 363. The van der Waals surface area contributed by atoms with Crippen LogP contribution in [0.5, 0.6) is 0 Å². The molecule has 3 aliphatic rings. The number of hydrogen-bond donors (Lipinski definition) is 2. The fourth-order valence-corrected chi connectivity index (χ4v) is 3.35. The molecule has 88 valence electrons. The summed E-state index contributed by atoms with van der Waals surface area (Å²) < 4.78 is 0. The van der Waals surface area contributed by atoms with Gasteiger partial charge in [-0.1, -0.05) is 0 Å². The molecule has 0 aromatic rings. The van der Waals surface area contributed by atoms with Gasteiger partial charge in [-0.25, -0.2) is 0 Å². The van der Waals surface area contributed by atoms with Crippen molar-refractivity contribution in [2.75, 3.05) is 6.54 Å². The minimum Gasteiger partial charge on any atom is -0.390 e. The van der Waals surface area contributed by atoms with Crippen LogP contribution in [-0.4, -0.2) is 45.8 Å². The highest BCUT2D eigenvalue weighted by atomic mass is 16.3. The molecule has 0 spiro atoms. The summed E-state index contributed by atoms with van der Waals surface area (Å²) in [5.41, 5.74) is 2.24. The molecule has 1 fully saturated rings. The zero-order chi connectivity index (χ0) is 11.3. The van der Waals surface area contributed by atoms with E-state index < -0.39 is 12.2 Å². The first-order valence-electron chi connectivity index (χ1n) is 6.06. The van der Waals surface area contributed by atoms with E-state index in [0.717, 1.165) is 24.8 Å². The van der Waals surface area contributed by atoms with Gasteiger partial charge in [0, 0.05) is 13.0 Å². The molecule has 4 heteroatoms. The first-order valence-corrected chi connectivity index (χ1v) is 6.06. The van der Waals surface area contributed by atoms with Crippen molar-refractivity contribution in [1.29, 1.82) is 0 Å². The van der Waals surface area contributed by atoms with Crippen molar-refractivity contribution in [3.8, 4) is 0 Å². The Kier molecular flexibility index (Phi) is 2.30. The normalized spacial score (nSPS) is 38.8. The Morgan fingerprint density at radius 2 is 1.88 bits per heavy atom. The first-order chi connectivity index (χ1) is 7.68. The SMILES string of the molecule is O=C1CC[C@H]2C3=C(CCN12)C(O)C(O)CC3. The van der Waals surface area contributed by atoms with Crippen LogP contribution in [0.25, 0.3) is 0 Å². The second-order valence-corrected chi connectivity index (χ2v) is 4.99. The Labute approximate surface area is 94.6 Å². The molecule has 1 aliphatic carbocycles. The number of hydrogen-bond acceptors (Lipinski definition) is 3. The predicted octanol–water partition coefficient (Wildman–Crippen LogP) is 0.193. The molecule has 0 aromatic heterocycles. The smallest absolute Gasteiger partial charge is 0.223 e. The summed E-state index contributed by atoms with van der Waals surface area (Å²) in [5, 5.41) is 19.6. The topological polar surface area (TPSA) is 60.8 Å². The summed E-state index contributed by atoms with van der Waals surface area (Å²) in [6.45, 7) is 0.714. The average Bonchev–Trinajstić information content (AvgIpc) is 2.66. The molecule has 4 nitrogen and oxygen atoms in total. The van der Waals surface area contributed by atoms with E-state index in [4.69, 9.17) is 0 Å². The molecule has 2 aliphatic heterocycles. The van der Waals surface area contributed by atoms with Gasteiger partial charge in [0.2, 0.25) is 5.91 Å². The van der Waals surface area contributed by atoms with Crippen molar-refractivity contribution >= 4 is 5.91 Å². The maximum absolute atomic E-state index is 11.6. The van der Waals surface area contributed by atoms with Crippen molar-refractivity contribution in [1.82, 2.24) is 4.90 Å². The number of amides is 1. The van der Waals surface area contributed by atoms with E-state index in [1.54, 1.807) is 0 Å². The van der Waals surface area contributed by atoms with Crippen LogP contribution in [0.15, 0.2) is 11.1 Å². The molecule has 3 atom stereocenters. The largest absolute Gasteiger partial charge is 0.390 e. The number of carbonyl (C=O) groups is 1. The van der Waals surface area contributed by atoms with Gasteiger partial charge in [0.25, 0.3) is 0 Å². The zero-order valence-electron chi connectivity index (χ0n) is 9.22. The van der Waals surface area contributed by atoms with Gasteiger partial charge in [-0.15, -0.1) is 0 Å². The van der Waals surface area contributed by atoms with E-state index in [1.807, 2.05) is 4.90 Å². The Balaban J connectivity index is 1.95. The molecule has 2 heterocycles. The van der Waals surface area contributed by atoms with Gasteiger partial charge >= 0.3 is 0 Å². The fraction of sp³-hybridized carbons (Fsp3) is 0.750. The van der Waals surface area contributed by atoms with Gasteiger partial charge in [-0.2, -0.15) is 0 Å². The minimum atomic E-state index is -0.693. The molecule has 0 aromatic carbocycles. The van der Waals surface area contributed by atoms with Gasteiger partial charge in [0.05, 0.1) is 12.1 Å². The van der Waals surface area contributed by atoms with Gasteiger partial charge < -0.3 is 15.1 Å². The first kappa shape index (κ1) is 10.3. The predicted molar refractivity (Wildman–Crippen MR) is 57.6 cm³/mol. The monoisotopic (exact) mass is 223 g/mol. The molecule has 2 unspecified atom stereocenters. The lowest BCUT2D eigenvalue weighted by Crippen LogP contribution is -2.45. The lowest BCUT2D eigenvalue weighted by Gasteiger charge is -2.40. The van der Waals surface area contributed by atoms with E-state index in [9.17, 15) is 15.0 Å². The van der Waals surface area contributed by atoms with E-state index in [1.165, 1.54) is 5.57 Å². The van der Waals surface area contributed by atoms with Crippen LogP contribution in [0.2, 0.25) is 0 Å². The number of aliphatic hydroxyl groups excluding tert-OH is 2. The van der Waals surface area contributed by atoms with E-state index in [2.05, 4.69) is 0 Å². The molecular formula is C12H17NO3. The maximum atomic E-state index is 11.6. The van der Waals surface area contributed by atoms with Gasteiger partial charge in [0.1, 0.15) is 6.10 Å². The molecule has 3 rings (SSSR count). The summed E-state index contributed by atoms with van der Waals surface area (Å²) in [5.74, 6) is 0.247. The third kappa shape index (κ3) is 1.33. The van der Waals surface area contributed by atoms with Crippen LogP contribution in [0.3, 0.4) is 0 Å². The Morgan fingerprint density at radius 3 is 2.69 bits per heavy atom. The fourth-order valence-electron chi connectivity index (χ4n) is 3.35. The van der Waals surface area contributed by atoms with Crippen molar-refractivity contribution < 1.29 is 15.0 Å². The van der Waals surface area contributed by atoms with Crippen LogP contribution < -0.4 is 0 Å². The highest BCUT2D eigenvalue weighted by molar-refractivity contribution is 5.80. The van der Waals surface area contributed by atoms with Crippen LogP contribution in [0, 0.1) is 0 Å². The summed E-state index contributed by atoms with van der Waals surface area (Å²) >= 11 is 0. The average molecular weight is 223 g/mol. The maximum Gasteiger partial charge on any atom is 0.223 e. The standard InChI is InChI=1S/C12H17NO3/c14-10-3-1-7-8(12(10)16)5-6-13-9(7)2-4-11(13)15/h9-10,12,14,16H,1-6H2/t9-,10?,12?/m0/s1. The van der Waals surface area contributed by atoms with Gasteiger partial charge in [-0.05, 0) is 36.8 Å². The molecule has 16 heavy (non-hydrogen) atoms. The molecule has 1 saturated heterocycles. The van der Waals surface area contributed by atoms with E-state index in [-0.39, 0.29) is 11.9 Å². The number of fused-ring (bicyclic) bond motifs is 2. The number of aliphatic hydroxyl groups is 2. The van der Waals surface area contributed by atoms with Crippen LogP contribution >= 0.6 is 0 Å². The lowest BCUT2D eigenvalue weighted by molar-refractivity contribution is -0.129. The highest BCUT2D eigenvalue weighted by Gasteiger charge is 2.41. The Hall–Kier alpha value is -0.870. The minimum absolute atomic E-state index is 0.221. The van der Waals surface area contributed by atoms with Crippen molar-refractivity contribution in [2.45, 2.75) is 50.4 Å². The highest BCUT2D eigenvalue weighted by Crippen LogP contribution is 2.39. The molecule has 0 saturated carbocycles. The summed E-state index contributed by atoms with van der Waals surface area (Å²) in [6.07, 6.45) is 2.42. The molecule has 2 N–H and O–H groups in total. The van der Waals surface area contributed by atoms with Gasteiger partial charge in [-0.3, -0.25) is 4.79 Å². The van der Waals surface area contributed by atoms with Crippen molar-refractivity contribution in [2.24, 2.45) is 0 Å². The number of carbonyl (C=O) groups excluding carboxylic acids is 1. The summed E-state index contributed by atoms with van der Waals surface area (Å²) in [4.78, 5) is 13.6. The van der Waals surface area contributed by atoms with Crippen LogP contribution in [0.1, 0.15) is 32.1 Å². The number of rotatable bonds is 0. The number of nitrogens with zero attached hydrogens (tertiary/aromatic N) is 1. The molecule has 1 amide bonds. The van der Waals surface area contributed by atoms with Gasteiger partial charge in [0.15, 0.2) is 0 Å². The van der Waals surface area contributed by atoms with Crippen LogP contribution in [0.4, 0.5) is 0 Å². The Morgan fingerprint density at radius 1 is 1.06 bits per heavy atom. The van der Waals surface area contributed by atoms with Crippen LogP contribution in [-0.2, 0) is 4.79 Å². The second-order valence-electron chi connectivity index (χ2n) is 4.99. The van der Waals surface area contributed by atoms with E-state index in [0.29, 0.717) is 19.4 Å². The summed E-state index contributed by atoms with van der Waals surface area (Å²) in [6, 6.07) is 0.221.